The number of fused-ring (bicyclic) bond motifs is 3. The number of amides is 1. The van der Waals surface area contributed by atoms with Gasteiger partial charge in [-0.05, 0) is 42.8 Å². The summed E-state index contributed by atoms with van der Waals surface area (Å²) in [4.78, 5) is 29.9. The number of nitrogens with one attached hydrogen (secondary N) is 1. The molecule has 6 nitrogen and oxygen atoms in total. The van der Waals surface area contributed by atoms with Crippen LogP contribution in [0.5, 0.6) is 5.75 Å². The van der Waals surface area contributed by atoms with Gasteiger partial charge in [-0.15, -0.1) is 0 Å². The molecule has 32 heavy (non-hydrogen) atoms. The second kappa shape index (κ2) is 8.85. The number of ether oxygens (including phenoxy) is 1. The Bertz CT molecular complexity index is 1320. The maximum absolute atomic E-state index is 12.5. The first-order valence-electron chi connectivity index (χ1n) is 10.1. The first-order valence-corrected chi connectivity index (χ1v) is 10.5. The van der Waals surface area contributed by atoms with Crippen molar-refractivity contribution in [3.63, 3.8) is 0 Å². The van der Waals surface area contributed by atoms with Crippen LogP contribution in [0.4, 0.5) is 0 Å². The first kappa shape index (κ1) is 21.6. The zero-order valence-corrected chi connectivity index (χ0v) is 18.7. The summed E-state index contributed by atoms with van der Waals surface area (Å²) in [6, 6.07) is 14.6. The minimum atomic E-state index is -0.281. The van der Waals surface area contributed by atoms with E-state index in [2.05, 4.69) is 5.32 Å². The molecular weight excluding hydrogens is 426 g/mol. The Labute approximate surface area is 190 Å². The van der Waals surface area contributed by atoms with Gasteiger partial charge in [0.1, 0.15) is 5.75 Å². The number of aromatic nitrogens is 1. The van der Waals surface area contributed by atoms with Crippen molar-refractivity contribution in [2.75, 3.05) is 13.7 Å². The Morgan fingerprint density at radius 2 is 1.84 bits per heavy atom. The summed E-state index contributed by atoms with van der Waals surface area (Å²) in [6.07, 6.45) is 3.20. The van der Waals surface area contributed by atoms with Crippen LogP contribution >= 0.6 is 11.6 Å². The number of pyridine rings is 1. The fraction of sp³-hybridized carbons (Fsp3) is 0.160. The maximum atomic E-state index is 12.5. The van der Waals surface area contributed by atoms with E-state index in [1.807, 2.05) is 37.3 Å². The van der Waals surface area contributed by atoms with E-state index in [9.17, 15) is 9.59 Å². The molecule has 1 aromatic heterocycles. The minimum absolute atomic E-state index is 0.189. The SMILES string of the molecule is CCNC(=O)/C=C1\N=C(c2ccc(Cl)cc2)c2cc(OC)ccc2-c2cn(C)c(=O)cc21. The zero-order chi connectivity index (χ0) is 22.8. The Morgan fingerprint density at radius 1 is 1.09 bits per heavy atom. The van der Waals surface area contributed by atoms with Gasteiger partial charge in [-0.25, -0.2) is 4.99 Å². The van der Waals surface area contributed by atoms with Crippen molar-refractivity contribution in [1.82, 2.24) is 9.88 Å². The molecule has 0 saturated carbocycles. The predicted molar refractivity (Wildman–Crippen MR) is 127 cm³/mol. The third kappa shape index (κ3) is 4.09. The zero-order valence-electron chi connectivity index (χ0n) is 18.0. The summed E-state index contributed by atoms with van der Waals surface area (Å²) < 4.78 is 6.99. The Morgan fingerprint density at radius 3 is 2.53 bits per heavy atom. The Kier molecular flexibility index (Phi) is 5.97. The largest absolute Gasteiger partial charge is 0.497 e. The molecule has 0 saturated heterocycles. The van der Waals surface area contributed by atoms with E-state index in [0.717, 1.165) is 22.3 Å². The molecule has 0 aliphatic carbocycles. The van der Waals surface area contributed by atoms with Gasteiger partial charge in [-0.1, -0.05) is 23.7 Å². The van der Waals surface area contributed by atoms with Crippen molar-refractivity contribution in [2.45, 2.75) is 6.92 Å². The number of aliphatic imine (C=N–C) groups is 1. The number of likely N-dealkylation sites (N-methyl/N-ethyl adjacent to an activating group) is 1. The van der Waals surface area contributed by atoms with E-state index in [-0.39, 0.29) is 11.5 Å². The molecule has 0 radical (unpaired) electrons. The van der Waals surface area contributed by atoms with Crippen LogP contribution in [0.1, 0.15) is 23.6 Å². The summed E-state index contributed by atoms with van der Waals surface area (Å²) in [6.45, 7) is 2.33. The van der Waals surface area contributed by atoms with Gasteiger partial charge in [0.2, 0.25) is 5.91 Å². The van der Waals surface area contributed by atoms with Gasteiger partial charge in [-0.3, -0.25) is 9.59 Å². The van der Waals surface area contributed by atoms with E-state index >= 15 is 0 Å². The predicted octanol–water partition coefficient (Wildman–Crippen LogP) is 4.04. The second-order valence-corrected chi connectivity index (χ2v) is 7.79. The molecule has 0 atom stereocenters. The fourth-order valence-corrected chi connectivity index (χ4v) is 3.79. The summed E-state index contributed by atoms with van der Waals surface area (Å²) in [5.74, 6) is 0.393. The quantitative estimate of drug-likeness (QED) is 0.613. The summed E-state index contributed by atoms with van der Waals surface area (Å²) >= 11 is 6.11. The third-order valence-corrected chi connectivity index (χ3v) is 5.50. The molecule has 1 aliphatic rings. The number of carbonyl (C=O) groups is 1. The highest BCUT2D eigenvalue weighted by atomic mass is 35.5. The fourth-order valence-electron chi connectivity index (χ4n) is 3.67. The number of benzene rings is 2. The lowest BCUT2D eigenvalue weighted by Crippen LogP contribution is -2.21. The number of rotatable bonds is 4. The van der Waals surface area contributed by atoms with Gasteiger partial charge in [0.15, 0.2) is 0 Å². The molecule has 2 aromatic carbocycles. The molecule has 2 heterocycles. The molecule has 0 fully saturated rings. The van der Waals surface area contributed by atoms with Crippen molar-refractivity contribution in [1.29, 1.82) is 0 Å². The molecule has 3 aromatic rings. The molecular formula is C25H22ClN3O3. The minimum Gasteiger partial charge on any atom is -0.497 e. The molecule has 0 bridgehead atoms. The van der Waals surface area contributed by atoms with Crippen LogP contribution in [-0.2, 0) is 11.8 Å². The van der Waals surface area contributed by atoms with Crippen molar-refractivity contribution < 1.29 is 9.53 Å². The Hall–Kier alpha value is -3.64. The van der Waals surface area contributed by atoms with Gasteiger partial charge >= 0.3 is 0 Å². The molecule has 7 heteroatoms. The molecule has 1 N–H and O–H groups in total. The topological polar surface area (TPSA) is 72.7 Å². The van der Waals surface area contributed by atoms with Crippen LogP contribution in [0.15, 0.2) is 70.6 Å². The van der Waals surface area contributed by atoms with Gasteiger partial charge in [0, 0.05) is 59.2 Å². The molecule has 1 aliphatic heterocycles. The lowest BCUT2D eigenvalue weighted by molar-refractivity contribution is -0.116. The highest BCUT2D eigenvalue weighted by Gasteiger charge is 2.24. The highest BCUT2D eigenvalue weighted by Crippen LogP contribution is 2.38. The van der Waals surface area contributed by atoms with Crippen molar-refractivity contribution >= 4 is 28.9 Å². The van der Waals surface area contributed by atoms with E-state index < -0.39 is 0 Å². The van der Waals surface area contributed by atoms with Crippen LogP contribution in [0, 0.1) is 0 Å². The summed E-state index contributed by atoms with van der Waals surface area (Å²) in [5.41, 5.74) is 4.79. The van der Waals surface area contributed by atoms with E-state index in [0.29, 0.717) is 34.3 Å². The summed E-state index contributed by atoms with van der Waals surface area (Å²) in [5, 5.41) is 3.38. The Balaban J connectivity index is 2.09. The van der Waals surface area contributed by atoms with Crippen LogP contribution in [0.3, 0.4) is 0 Å². The standard InChI is InChI=1S/C25H22ClN3O3/c1-4-27-23(30)13-22-19-12-24(31)29(2)14-21(19)18-10-9-17(32-3)11-20(18)25(28-22)15-5-7-16(26)8-6-15/h5-14H,4H2,1-3H3,(H,27,30)/b22-13-. The number of nitrogens with zero attached hydrogens (tertiary/aromatic N) is 2. The maximum Gasteiger partial charge on any atom is 0.250 e. The highest BCUT2D eigenvalue weighted by molar-refractivity contribution is 6.31. The molecule has 0 spiro atoms. The van der Waals surface area contributed by atoms with E-state index in [4.69, 9.17) is 21.3 Å². The van der Waals surface area contributed by atoms with Crippen LogP contribution in [-0.4, -0.2) is 29.8 Å². The average molecular weight is 448 g/mol. The van der Waals surface area contributed by atoms with Gasteiger partial charge < -0.3 is 14.6 Å². The molecule has 4 rings (SSSR count). The van der Waals surface area contributed by atoms with Crippen molar-refractivity contribution in [2.24, 2.45) is 12.0 Å². The lowest BCUT2D eigenvalue weighted by Gasteiger charge is -2.13. The third-order valence-electron chi connectivity index (χ3n) is 5.25. The number of hydrogen-bond acceptors (Lipinski definition) is 4. The van der Waals surface area contributed by atoms with Crippen LogP contribution in [0.2, 0.25) is 5.02 Å². The number of halogens is 1. The van der Waals surface area contributed by atoms with Gasteiger partial charge in [0.25, 0.3) is 5.56 Å². The normalized spacial score (nSPS) is 13.6. The number of methoxy groups -OCH3 is 1. The summed E-state index contributed by atoms with van der Waals surface area (Å²) in [7, 11) is 3.31. The monoisotopic (exact) mass is 447 g/mol. The van der Waals surface area contributed by atoms with Gasteiger partial charge in [-0.2, -0.15) is 0 Å². The van der Waals surface area contributed by atoms with Gasteiger partial charge in [0.05, 0.1) is 18.5 Å². The van der Waals surface area contributed by atoms with E-state index in [1.165, 1.54) is 16.7 Å². The van der Waals surface area contributed by atoms with Crippen molar-refractivity contribution in [3.05, 3.63) is 92.9 Å². The second-order valence-electron chi connectivity index (χ2n) is 7.35. The lowest BCUT2D eigenvalue weighted by atomic mass is 9.92. The molecule has 162 valence electrons. The van der Waals surface area contributed by atoms with Crippen LogP contribution in [0.25, 0.3) is 16.8 Å². The smallest absolute Gasteiger partial charge is 0.250 e. The van der Waals surface area contributed by atoms with Crippen LogP contribution < -0.4 is 15.6 Å². The number of hydrogen-bond donors (Lipinski definition) is 1. The molecule has 1 amide bonds. The average Bonchev–Trinajstić information content (AvgIpc) is 2.90. The van der Waals surface area contributed by atoms with Crippen molar-refractivity contribution in [3.8, 4) is 16.9 Å². The number of carbonyl (C=O) groups excluding carboxylic acids is 1. The molecule has 0 unspecified atom stereocenters. The first-order chi connectivity index (χ1) is 15.4. The number of aryl methyl sites for hydroxylation is 1. The van der Waals surface area contributed by atoms with E-state index in [1.54, 1.807) is 32.5 Å².